The van der Waals surface area contributed by atoms with Crippen LogP contribution in [-0.4, -0.2) is 53.2 Å². The molecule has 154 valence electrons. The van der Waals surface area contributed by atoms with Crippen molar-refractivity contribution >= 4 is 11.7 Å². The molecule has 1 N–H and O–H groups in total. The minimum atomic E-state index is -0.192. The normalized spacial score (nSPS) is 18.8. The fourth-order valence-electron chi connectivity index (χ4n) is 4.42. The van der Waals surface area contributed by atoms with Crippen LogP contribution in [0.3, 0.4) is 0 Å². The zero-order chi connectivity index (χ0) is 20.1. The lowest BCUT2D eigenvalue weighted by atomic mass is 9.90. The van der Waals surface area contributed by atoms with Crippen LogP contribution < -0.4 is 4.90 Å². The Hall–Kier alpha value is -2.40. The maximum atomic E-state index is 12.9. The van der Waals surface area contributed by atoms with E-state index in [1.54, 1.807) is 6.20 Å². The van der Waals surface area contributed by atoms with Crippen molar-refractivity contribution in [2.24, 2.45) is 5.92 Å². The summed E-state index contributed by atoms with van der Waals surface area (Å²) in [4.78, 5) is 21.5. The number of hydrogen-bond acceptors (Lipinski definition) is 4. The number of anilines is 1. The highest BCUT2D eigenvalue weighted by Crippen LogP contribution is 2.24. The number of pyridine rings is 1. The standard InChI is InChI=1S/C24H31N3O2/c28-22-12-16-26(17-13-22)23-9-8-21(18-25-23)24(29)27-14-10-20(11-15-27)7-6-19-4-2-1-3-5-19/h1-5,8-9,18,20,22,28H,6-7,10-17H2. The van der Waals surface area contributed by atoms with Gasteiger partial charge in [-0.1, -0.05) is 30.3 Å². The van der Waals surface area contributed by atoms with E-state index in [4.69, 9.17) is 0 Å². The van der Waals surface area contributed by atoms with Gasteiger partial charge in [0.15, 0.2) is 0 Å². The van der Waals surface area contributed by atoms with Crippen molar-refractivity contribution in [3.05, 3.63) is 59.8 Å². The number of aromatic nitrogens is 1. The van der Waals surface area contributed by atoms with Crippen LogP contribution in [0.5, 0.6) is 0 Å². The van der Waals surface area contributed by atoms with Gasteiger partial charge in [-0.15, -0.1) is 0 Å². The minimum Gasteiger partial charge on any atom is -0.393 e. The monoisotopic (exact) mass is 393 g/mol. The Morgan fingerprint density at radius 2 is 1.69 bits per heavy atom. The molecule has 0 atom stereocenters. The van der Waals surface area contributed by atoms with Crippen molar-refractivity contribution in [2.45, 2.75) is 44.6 Å². The minimum absolute atomic E-state index is 0.0969. The Morgan fingerprint density at radius 1 is 0.966 bits per heavy atom. The number of carbonyl (C=O) groups excluding carboxylic acids is 1. The summed E-state index contributed by atoms with van der Waals surface area (Å²) in [6.45, 7) is 3.31. The van der Waals surface area contributed by atoms with E-state index in [9.17, 15) is 9.90 Å². The Bertz CT molecular complexity index is 778. The van der Waals surface area contributed by atoms with Gasteiger partial charge in [-0.05, 0) is 62.1 Å². The van der Waals surface area contributed by atoms with Gasteiger partial charge in [0.2, 0.25) is 0 Å². The number of piperidine rings is 2. The molecule has 0 bridgehead atoms. The van der Waals surface area contributed by atoms with Crippen molar-refractivity contribution < 1.29 is 9.90 Å². The largest absolute Gasteiger partial charge is 0.393 e. The van der Waals surface area contributed by atoms with Crippen LogP contribution in [0, 0.1) is 5.92 Å². The average molecular weight is 394 g/mol. The lowest BCUT2D eigenvalue weighted by Gasteiger charge is -2.32. The van der Waals surface area contributed by atoms with Crippen molar-refractivity contribution in [1.82, 2.24) is 9.88 Å². The quantitative estimate of drug-likeness (QED) is 0.844. The average Bonchev–Trinajstić information content (AvgIpc) is 2.79. The van der Waals surface area contributed by atoms with Gasteiger partial charge in [0.05, 0.1) is 11.7 Å². The number of aryl methyl sites for hydroxylation is 1. The number of aliphatic hydroxyl groups excluding tert-OH is 1. The van der Waals surface area contributed by atoms with E-state index >= 15 is 0 Å². The first kappa shape index (κ1) is 19.9. The van der Waals surface area contributed by atoms with Gasteiger partial charge in [0.1, 0.15) is 5.82 Å². The van der Waals surface area contributed by atoms with E-state index in [0.717, 1.165) is 64.1 Å². The van der Waals surface area contributed by atoms with Crippen molar-refractivity contribution in [1.29, 1.82) is 0 Å². The molecule has 2 aromatic rings. The second kappa shape index (κ2) is 9.40. The Kier molecular flexibility index (Phi) is 6.45. The van der Waals surface area contributed by atoms with Crippen molar-refractivity contribution in [3.63, 3.8) is 0 Å². The number of carbonyl (C=O) groups is 1. The molecule has 0 saturated carbocycles. The summed E-state index contributed by atoms with van der Waals surface area (Å²) in [5.74, 6) is 1.70. The first-order valence-corrected chi connectivity index (χ1v) is 10.9. The molecule has 5 heteroatoms. The van der Waals surface area contributed by atoms with Crippen LogP contribution in [0.2, 0.25) is 0 Å². The van der Waals surface area contributed by atoms with Crippen LogP contribution in [0.25, 0.3) is 0 Å². The van der Waals surface area contributed by atoms with Crippen molar-refractivity contribution in [2.75, 3.05) is 31.1 Å². The zero-order valence-electron chi connectivity index (χ0n) is 17.0. The number of nitrogens with zero attached hydrogens (tertiary/aromatic N) is 3. The topological polar surface area (TPSA) is 56.7 Å². The summed E-state index contributed by atoms with van der Waals surface area (Å²) in [5.41, 5.74) is 2.08. The van der Waals surface area contributed by atoms with Gasteiger partial charge in [0.25, 0.3) is 5.91 Å². The molecular weight excluding hydrogens is 362 g/mol. The molecule has 0 spiro atoms. The third-order valence-corrected chi connectivity index (χ3v) is 6.37. The first-order valence-electron chi connectivity index (χ1n) is 10.9. The van der Waals surface area contributed by atoms with E-state index in [2.05, 4.69) is 40.2 Å². The van der Waals surface area contributed by atoms with Gasteiger partial charge in [0, 0.05) is 32.4 Å². The maximum Gasteiger partial charge on any atom is 0.255 e. The summed E-state index contributed by atoms with van der Waals surface area (Å²) in [6, 6.07) is 14.5. The molecule has 1 aromatic carbocycles. The summed E-state index contributed by atoms with van der Waals surface area (Å²) < 4.78 is 0. The number of benzene rings is 1. The predicted octanol–water partition coefficient (Wildman–Crippen LogP) is 3.53. The third-order valence-electron chi connectivity index (χ3n) is 6.37. The van der Waals surface area contributed by atoms with E-state index in [1.165, 1.54) is 12.0 Å². The molecule has 2 saturated heterocycles. The van der Waals surface area contributed by atoms with Gasteiger partial charge in [-0.3, -0.25) is 4.79 Å². The molecule has 1 amide bonds. The molecule has 2 aliphatic heterocycles. The van der Waals surface area contributed by atoms with Crippen LogP contribution in [0.1, 0.15) is 48.0 Å². The summed E-state index contributed by atoms with van der Waals surface area (Å²) in [6.07, 6.45) is 7.57. The van der Waals surface area contributed by atoms with Gasteiger partial charge >= 0.3 is 0 Å². The molecule has 29 heavy (non-hydrogen) atoms. The molecule has 2 aliphatic rings. The van der Waals surface area contributed by atoms with Crippen LogP contribution in [-0.2, 0) is 6.42 Å². The Balaban J connectivity index is 1.26. The number of amides is 1. The summed E-state index contributed by atoms with van der Waals surface area (Å²) in [5, 5.41) is 9.65. The molecular formula is C24H31N3O2. The second-order valence-electron chi connectivity index (χ2n) is 8.38. The van der Waals surface area contributed by atoms with Crippen molar-refractivity contribution in [3.8, 4) is 0 Å². The van der Waals surface area contributed by atoms with Gasteiger partial charge < -0.3 is 14.9 Å². The number of hydrogen-bond donors (Lipinski definition) is 1. The van der Waals surface area contributed by atoms with E-state index < -0.39 is 0 Å². The number of aliphatic hydroxyl groups is 1. The highest BCUT2D eigenvalue weighted by molar-refractivity contribution is 5.94. The number of likely N-dealkylation sites (tertiary alicyclic amines) is 1. The van der Waals surface area contributed by atoms with E-state index in [0.29, 0.717) is 11.5 Å². The fraction of sp³-hybridized carbons (Fsp3) is 0.500. The first-order chi connectivity index (χ1) is 14.2. The lowest BCUT2D eigenvalue weighted by molar-refractivity contribution is 0.0686. The third kappa shape index (κ3) is 5.15. The molecule has 5 nitrogen and oxygen atoms in total. The molecule has 4 rings (SSSR count). The number of rotatable bonds is 5. The fourth-order valence-corrected chi connectivity index (χ4v) is 4.42. The summed E-state index contributed by atoms with van der Waals surface area (Å²) >= 11 is 0. The van der Waals surface area contributed by atoms with Gasteiger partial charge in [-0.25, -0.2) is 4.98 Å². The maximum absolute atomic E-state index is 12.9. The second-order valence-corrected chi connectivity index (χ2v) is 8.38. The molecule has 0 unspecified atom stereocenters. The van der Waals surface area contributed by atoms with Gasteiger partial charge in [-0.2, -0.15) is 0 Å². The van der Waals surface area contributed by atoms with E-state index in [-0.39, 0.29) is 12.0 Å². The van der Waals surface area contributed by atoms with Crippen LogP contribution in [0.4, 0.5) is 5.82 Å². The molecule has 0 aliphatic carbocycles. The lowest BCUT2D eigenvalue weighted by Crippen LogP contribution is -2.39. The van der Waals surface area contributed by atoms with E-state index in [1.807, 2.05) is 17.0 Å². The highest BCUT2D eigenvalue weighted by Gasteiger charge is 2.24. The molecule has 0 radical (unpaired) electrons. The predicted molar refractivity (Wildman–Crippen MR) is 115 cm³/mol. The molecule has 2 fully saturated rings. The molecule has 3 heterocycles. The van der Waals surface area contributed by atoms with Crippen LogP contribution in [0.15, 0.2) is 48.7 Å². The summed E-state index contributed by atoms with van der Waals surface area (Å²) in [7, 11) is 0. The smallest absolute Gasteiger partial charge is 0.255 e. The Labute approximate surface area is 173 Å². The highest BCUT2D eigenvalue weighted by atomic mass is 16.3. The SMILES string of the molecule is O=C(c1ccc(N2CCC(O)CC2)nc1)N1CCC(CCc2ccccc2)CC1. The Morgan fingerprint density at radius 3 is 2.34 bits per heavy atom. The molecule has 1 aromatic heterocycles. The zero-order valence-corrected chi connectivity index (χ0v) is 17.0. The van der Waals surface area contributed by atoms with Crippen LogP contribution >= 0.6 is 0 Å².